The fourth-order valence-corrected chi connectivity index (χ4v) is 7.47. The number of pyridine rings is 2. The van der Waals surface area contributed by atoms with Crippen molar-refractivity contribution in [2.24, 2.45) is 0 Å². The van der Waals surface area contributed by atoms with Gasteiger partial charge in [0.05, 0.1) is 0 Å². The molecule has 0 saturated heterocycles. The van der Waals surface area contributed by atoms with Crippen LogP contribution in [0.2, 0.25) is 0 Å². The Hall–Kier alpha value is -8.16. The third-order valence-corrected chi connectivity index (χ3v) is 12.0. The number of anilines is 2. The number of rotatable bonds is 8. The van der Waals surface area contributed by atoms with Crippen LogP contribution < -0.4 is 20.6 Å². The van der Waals surface area contributed by atoms with Gasteiger partial charge in [0.2, 0.25) is 34.2 Å². The molecule has 9 aromatic rings. The van der Waals surface area contributed by atoms with E-state index in [1.165, 1.54) is 0 Å². The van der Waals surface area contributed by atoms with E-state index in [9.17, 15) is 26.3 Å². The summed E-state index contributed by atoms with van der Waals surface area (Å²) in [6, 6.07) is 76.7. The van der Waals surface area contributed by atoms with Crippen molar-refractivity contribution in [2.75, 3.05) is 11.5 Å². The Labute approximate surface area is 410 Å². The number of hydrogen-bond donors (Lipinski definition) is 2. The maximum atomic E-state index is 10.7. The first-order valence-electron chi connectivity index (χ1n) is 21.4. The van der Waals surface area contributed by atoms with Crippen LogP contribution in [0.5, 0.6) is 0 Å². The molecule has 366 valence electrons. The lowest BCUT2D eigenvalue weighted by molar-refractivity contribution is -0.572. The second-order valence-electron chi connectivity index (χ2n) is 15.7. The first-order valence-corrected chi connectivity index (χ1v) is 24.2. The highest BCUT2D eigenvalue weighted by atomic mass is 32.2. The zero-order valence-electron chi connectivity index (χ0n) is 37.4. The number of benzene rings is 7. The number of alkyl halides is 6. The van der Waals surface area contributed by atoms with E-state index in [0.717, 1.165) is 90.0 Å². The number of nitrogen functional groups attached to an aromatic ring is 2. The Balaban J connectivity index is 0.000000411. The number of hydrogen-bond acceptors (Lipinski definition) is 8. The van der Waals surface area contributed by atoms with Gasteiger partial charge in [-0.3, -0.25) is 0 Å². The maximum Gasteiger partial charge on any atom is 0.485 e. The molecule has 0 spiro atoms. The van der Waals surface area contributed by atoms with E-state index in [0.29, 0.717) is 0 Å². The van der Waals surface area contributed by atoms with Crippen molar-refractivity contribution < 1.29 is 61.4 Å². The van der Waals surface area contributed by atoms with Gasteiger partial charge in [0, 0.05) is 82.2 Å². The molecule has 2 aromatic heterocycles. The molecule has 0 amide bonds. The van der Waals surface area contributed by atoms with E-state index >= 15 is 0 Å². The van der Waals surface area contributed by atoms with Gasteiger partial charge in [-0.25, -0.2) is 16.8 Å². The molecule has 0 radical (unpaired) electrons. The Morgan fingerprint density at radius 3 is 0.722 bits per heavy atom. The average molecular weight is 1020 g/mol. The molecule has 0 fully saturated rings. The lowest BCUT2D eigenvalue weighted by Crippen LogP contribution is -2.36. The summed E-state index contributed by atoms with van der Waals surface area (Å²) in [7, 11) is -12.2. The quantitative estimate of drug-likeness (QED) is 0.0497. The third-order valence-electron chi connectivity index (χ3n) is 10.8. The van der Waals surface area contributed by atoms with Crippen LogP contribution in [0.25, 0.3) is 78.7 Å². The lowest BCUT2D eigenvalue weighted by Gasteiger charge is -2.14. The summed E-state index contributed by atoms with van der Waals surface area (Å²) >= 11 is 0. The molecule has 2 heterocycles. The van der Waals surface area contributed by atoms with Crippen LogP contribution in [0.4, 0.5) is 37.7 Å². The molecular formula is C54H40F6N4O6S2. The van der Waals surface area contributed by atoms with Gasteiger partial charge in [0.1, 0.15) is 0 Å². The second-order valence-corrected chi connectivity index (χ2v) is 18.5. The van der Waals surface area contributed by atoms with Crippen LogP contribution in [0.3, 0.4) is 0 Å². The highest BCUT2D eigenvalue weighted by molar-refractivity contribution is 7.86. The third kappa shape index (κ3) is 12.4. The maximum absolute atomic E-state index is 10.7. The number of aromatic nitrogens is 2. The molecule has 0 aliphatic heterocycles. The van der Waals surface area contributed by atoms with Gasteiger partial charge in [-0.05, 0) is 95.1 Å². The normalized spacial score (nSPS) is 11.7. The van der Waals surface area contributed by atoms with E-state index in [4.69, 9.17) is 37.4 Å². The van der Waals surface area contributed by atoms with Crippen molar-refractivity contribution >= 4 is 31.6 Å². The van der Waals surface area contributed by atoms with Gasteiger partial charge in [-0.15, -0.1) is 0 Å². The molecule has 0 bridgehead atoms. The van der Waals surface area contributed by atoms with Gasteiger partial charge < -0.3 is 20.6 Å². The Bertz CT molecular complexity index is 3160. The molecule has 4 N–H and O–H groups in total. The van der Waals surface area contributed by atoms with Gasteiger partial charge in [-0.2, -0.15) is 35.5 Å². The predicted octanol–water partition coefficient (Wildman–Crippen LogP) is 11.5. The highest BCUT2D eigenvalue weighted by Gasteiger charge is 2.37. The number of halogens is 6. The monoisotopic (exact) mass is 1020 g/mol. The fourth-order valence-electron chi connectivity index (χ4n) is 7.47. The molecule has 0 saturated carbocycles. The van der Waals surface area contributed by atoms with Crippen LogP contribution in [-0.4, -0.2) is 37.0 Å². The minimum atomic E-state index is -6.09. The Kier molecular flexibility index (Phi) is 15.4. The first-order chi connectivity index (χ1) is 34.1. The predicted molar refractivity (Wildman–Crippen MR) is 262 cm³/mol. The summed E-state index contributed by atoms with van der Waals surface area (Å²) < 4.78 is 122. The molecule has 0 aliphatic rings. The molecule has 72 heavy (non-hydrogen) atoms. The molecule has 10 nitrogen and oxygen atoms in total. The summed E-state index contributed by atoms with van der Waals surface area (Å²) in [5.41, 5.74) is 18.0. The Morgan fingerprint density at radius 1 is 0.319 bits per heavy atom. The molecule has 0 aliphatic carbocycles. The first kappa shape index (κ1) is 51.7. The smallest absolute Gasteiger partial charge is 0.485 e. The SMILES string of the molecule is Nc1ccc(-[n+]2c(-c3ccccc3)cc(-c3ccc(-c4cc(-c5ccccc5)[n+](-c5ccc(N)cc5)c(-c5ccccc5)c4)cc3)cc2-c2ccccc2)cc1.O=S(=O)([O-])C(F)(F)F.O=S(=O)([O-])C(F)(F)F. The Morgan fingerprint density at radius 2 is 0.528 bits per heavy atom. The topological polar surface area (TPSA) is 174 Å². The van der Waals surface area contributed by atoms with Gasteiger partial charge in [-0.1, -0.05) is 97.1 Å². The van der Waals surface area contributed by atoms with Crippen molar-refractivity contribution in [1.82, 2.24) is 0 Å². The summed E-state index contributed by atoms with van der Waals surface area (Å²) in [4.78, 5) is 0. The van der Waals surface area contributed by atoms with E-state index in [-0.39, 0.29) is 0 Å². The highest BCUT2D eigenvalue weighted by Crippen LogP contribution is 2.35. The van der Waals surface area contributed by atoms with Crippen molar-refractivity contribution in [3.63, 3.8) is 0 Å². The number of nitrogens with two attached hydrogens (primary N) is 2. The van der Waals surface area contributed by atoms with E-state index in [1.807, 2.05) is 24.3 Å². The molecule has 9 rings (SSSR count). The minimum Gasteiger partial charge on any atom is -0.741 e. The average Bonchev–Trinajstić information content (AvgIpc) is 3.36. The molecular weight excluding hydrogens is 979 g/mol. The van der Waals surface area contributed by atoms with E-state index in [1.54, 1.807) is 0 Å². The van der Waals surface area contributed by atoms with Crippen molar-refractivity contribution in [2.45, 2.75) is 11.0 Å². The molecule has 0 atom stereocenters. The fraction of sp³-hybridized carbons (Fsp3) is 0.0370. The standard InChI is InChI=1S/C52H39N4.2CHF3O3S/c53-45-25-29-47(30-26-45)55-49(39-13-5-1-6-14-39)33-43(34-50(55)40-15-7-2-8-16-40)37-21-23-38(24-22-37)44-35-51(41-17-9-3-10-18-41)56(48-31-27-46(54)28-32-48)52(36-44)42-19-11-4-12-20-42;2*2-1(3,4)8(5,6)7/h1-36,53H,54H2;2*(H,5,6,7)/q+1;;/p-1. The van der Waals surface area contributed by atoms with Crippen LogP contribution in [0, 0.1) is 0 Å². The van der Waals surface area contributed by atoms with Crippen molar-refractivity contribution in [3.8, 4) is 78.7 Å². The van der Waals surface area contributed by atoms with Crippen LogP contribution in [0.1, 0.15) is 0 Å². The van der Waals surface area contributed by atoms with Gasteiger partial charge >= 0.3 is 11.0 Å². The summed E-state index contributed by atoms with van der Waals surface area (Å²) in [5.74, 6) is 0. The van der Waals surface area contributed by atoms with Crippen molar-refractivity contribution in [3.05, 3.63) is 218 Å². The molecule has 7 aromatic carbocycles. The summed E-state index contributed by atoms with van der Waals surface area (Å²) in [6.45, 7) is 0. The van der Waals surface area contributed by atoms with E-state index < -0.39 is 31.3 Å². The summed E-state index contributed by atoms with van der Waals surface area (Å²) in [5, 5.41) is 0. The van der Waals surface area contributed by atoms with Crippen molar-refractivity contribution in [1.29, 1.82) is 0 Å². The largest absolute Gasteiger partial charge is 0.741 e. The zero-order chi connectivity index (χ0) is 51.8. The van der Waals surface area contributed by atoms with E-state index in [2.05, 4.69) is 203 Å². The van der Waals surface area contributed by atoms with Crippen LogP contribution in [-0.2, 0) is 20.2 Å². The second kappa shape index (κ2) is 21.5. The van der Waals surface area contributed by atoms with Crippen LogP contribution >= 0.6 is 0 Å². The van der Waals surface area contributed by atoms with Crippen LogP contribution in [0.15, 0.2) is 218 Å². The van der Waals surface area contributed by atoms with Gasteiger partial charge in [0.15, 0.2) is 20.2 Å². The minimum absolute atomic E-state index is 0.735. The molecule has 18 heteroatoms. The summed E-state index contributed by atoms with van der Waals surface area (Å²) in [6.07, 6.45) is 0. The molecule has 0 unspecified atom stereocenters. The zero-order valence-corrected chi connectivity index (χ0v) is 39.0. The van der Waals surface area contributed by atoms with Gasteiger partial charge in [0.25, 0.3) is 0 Å². The number of nitrogens with zero attached hydrogens (tertiary/aromatic N) is 2. The lowest BCUT2D eigenvalue weighted by atomic mass is 9.95.